The molecule has 0 aromatic rings. The van der Waals surface area contributed by atoms with E-state index >= 15 is 0 Å². The summed E-state index contributed by atoms with van der Waals surface area (Å²) in [4.78, 5) is 13.7. The Labute approximate surface area is 97.2 Å². The van der Waals surface area contributed by atoms with E-state index in [1.807, 2.05) is 0 Å². The zero-order valence-corrected chi connectivity index (χ0v) is 9.95. The minimum absolute atomic E-state index is 0.102. The van der Waals surface area contributed by atoms with Crippen LogP contribution in [0.3, 0.4) is 0 Å². The molecule has 4 nitrogen and oxygen atoms in total. The van der Waals surface area contributed by atoms with Crippen LogP contribution in [-0.4, -0.2) is 37.1 Å². The van der Waals surface area contributed by atoms with Crippen molar-refractivity contribution in [3.05, 3.63) is 0 Å². The van der Waals surface area contributed by atoms with Crippen LogP contribution >= 0.6 is 0 Å². The van der Waals surface area contributed by atoms with Crippen LogP contribution in [0.1, 0.15) is 38.5 Å². The molecule has 0 aliphatic heterocycles. The van der Waals surface area contributed by atoms with Gasteiger partial charge >= 0.3 is 0 Å². The predicted molar refractivity (Wildman–Crippen MR) is 60.7 cm³/mol. The van der Waals surface area contributed by atoms with Crippen molar-refractivity contribution in [2.24, 2.45) is 0 Å². The van der Waals surface area contributed by atoms with E-state index in [0.717, 1.165) is 19.3 Å². The molecule has 16 heavy (non-hydrogen) atoms. The van der Waals surface area contributed by atoms with E-state index in [1.165, 1.54) is 12.8 Å². The molecule has 0 heterocycles. The summed E-state index contributed by atoms with van der Waals surface area (Å²) in [7, 11) is 1.63. The first-order chi connectivity index (χ1) is 7.79. The Hall–Kier alpha value is -1.08. The minimum Gasteiger partial charge on any atom is -0.385 e. The highest BCUT2D eigenvalue weighted by molar-refractivity contribution is 5.76. The first-order valence-corrected chi connectivity index (χ1v) is 5.95. The van der Waals surface area contributed by atoms with Crippen LogP contribution in [0.15, 0.2) is 0 Å². The Morgan fingerprint density at radius 1 is 1.50 bits per heavy atom. The van der Waals surface area contributed by atoms with Crippen molar-refractivity contribution in [2.75, 3.05) is 20.3 Å². The van der Waals surface area contributed by atoms with Crippen molar-refractivity contribution in [3.63, 3.8) is 0 Å². The maximum atomic E-state index is 11.9. The summed E-state index contributed by atoms with van der Waals surface area (Å²) < 4.78 is 4.92. The lowest BCUT2D eigenvalue weighted by molar-refractivity contribution is -0.133. The Balaban J connectivity index is 2.42. The Morgan fingerprint density at radius 2 is 2.19 bits per heavy atom. The van der Waals surface area contributed by atoms with Crippen molar-refractivity contribution in [1.29, 1.82) is 5.26 Å². The topological polar surface area (TPSA) is 53.3 Å². The number of rotatable bonds is 6. The van der Waals surface area contributed by atoms with E-state index in [0.29, 0.717) is 19.1 Å². The third-order valence-electron chi connectivity index (χ3n) is 3.07. The first-order valence-electron chi connectivity index (χ1n) is 5.95. The van der Waals surface area contributed by atoms with Crippen LogP contribution in [0.5, 0.6) is 0 Å². The van der Waals surface area contributed by atoms with Crippen molar-refractivity contribution in [3.8, 4) is 6.07 Å². The molecule has 1 amide bonds. The van der Waals surface area contributed by atoms with Crippen LogP contribution in [0.2, 0.25) is 0 Å². The smallest absolute Gasteiger partial charge is 0.223 e. The van der Waals surface area contributed by atoms with Gasteiger partial charge in [0, 0.05) is 26.2 Å². The highest BCUT2D eigenvalue weighted by Crippen LogP contribution is 2.23. The Kier molecular flexibility index (Phi) is 5.87. The molecule has 0 N–H and O–H groups in total. The summed E-state index contributed by atoms with van der Waals surface area (Å²) in [6.07, 6.45) is 5.70. The van der Waals surface area contributed by atoms with Gasteiger partial charge < -0.3 is 9.64 Å². The fourth-order valence-corrected chi connectivity index (χ4v) is 2.22. The van der Waals surface area contributed by atoms with E-state index in [9.17, 15) is 4.79 Å². The van der Waals surface area contributed by atoms with Gasteiger partial charge in [-0.1, -0.05) is 12.8 Å². The van der Waals surface area contributed by atoms with Crippen LogP contribution in [-0.2, 0) is 9.53 Å². The fraction of sp³-hybridized carbons (Fsp3) is 0.833. The highest BCUT2D eigenvalue weighted by Gasteiger charge is 2.25. The standard InChI is InChI=1S/C12H20N2O2/c1-16-10-4-7-12(15)14(9-8-13)11-5-2-3-6-11/h11H,2-7,9-10H2,1H3. The third-order valence-corrected chi connectivity index (χ3v) is 3.07. The maximum Gasteiger partial charge on any atom is 0.223 e. The molecule has 0 saturated heterocycles. The van der Waals surface area contributed by atoms with Gasteiger partial charge in [0.05, 0.1) is 6.07 Å². The molecule has 1 aliphatic carbocycles. The Morgan fingerprint density at radius 3 is 2.75 bits per heavy atom. The van der Waals surface area contributed by atoms with E-state index in [1.54, 1.807) is 12.0 Å². The number of amides is 1. The van der Waals surface area contributed by atoms with Crippen LogP contribution in [0.4, 0.5) is 0 Å². The minimum atomic E-state index is 0.102. The zero-order valence-electron chi connectivity index (χ0n) is 9.95. The van der Waals surface area contributed by atoms with Crippen molar-refractivity contribution < 1.29 is 9.53 Å². The summed E-state index contributed by atoms with van der Waals surface area (Å²) in [5, 5.41) is 8.75. The number of carbonyl (C=O) groups excluding carboxylic acids is 1. The van der Waals surface area contributed by atoms with Gasteiger partial charge in [-0.25, -0.2) is 0 Å². The molecule has 1 rings (SSSR count). The molecular formula is C12H20N2O2. The molecule has 0 atom stereocenters. The van der Waals surface area contributed by atoms with Crippen LogP contribution < -0.4 is 0 Å². The lowest BCUT2D eigenvalue weighted by atomic mass is 10.2. The van der Waals surface area contributed by atoms with Gasteiger partial charge in [-0.05, 0) is 19.3 Å². The van der Waals surface area contributed by atoms with Gasteiger partial charge in [0.1, 0.15) is 6.54 Å². The molecule has 0 aromatic heterocycles. The molecule has 1 aliphatic rings. The second-order valence-electron chi connectivity index (χ2n) is 4.21. The molecule has 0 unspecified atom stereocenters. The van der Waals surface area contributed by atoms with Gasteiger partial charge in [-0.15, -0.1) is 0 Å². The number of hydrogen-bond donors (Lipinski definition) is 0. The average molecular weight is 224 g/mol. The second-order valence-corrected chi connectivity index (χ2v) is 4.21. The van der Waals surface area contributed by atoms with Gasteiger partial charge in [0.2, 0.25) is 5.91 Å². The number of nitriles is 1. The van der Waals surface area contributed by atoms with Gasteiger partial charge in [0.15, 0.2) is 0 Å². The highest BCUT2D eigenvalue weighted by atomic mass is 16.5. The number of methoxy groups -OCH3 is 1. The lowest BCUT2D eigenvalue weighted by Crippen LogP contribution is -2.39. The van der Waals surface area contributed by atoms with E-state index < -0.39 is 0 Å². The summed E-state index contributed by atoms with van der Waals surface area (Å²) in [5.74, 6) is 0.102. The fourth-order valence-electron chi connectivity index (χ4n) is 2.22. The van der Waals surface area contributed by atoms with Gasteiger partial charge in [-0.3, -0.25) is 4.79 Å². The maximum absolute atomic E-state index is 11.9. The summed E-state index contributed by atoms with van der Waals surface area (Å²) in [6.45, 7) is 0.841. The molecule has 0 bridgehead atoms. The van der Waals surface area contributed by atoms with Crippen molar-refractivity contribution in [1.82, 2.24) is 4.90 Å². The Bertz CT molecular complexity index is 254. The quantitative estimate of drug-likeness (QED) is 0.510. The van der Waals surface area contributed by atoms with Gasteiger partial charge in [-0.2, -0.15) is 5.26 Å². The first kappa shape index (κ1) is 13.0. The molecule has 0 aromatic carbocycles. The summed E-state index contributed by atoms with van der Waals surface area (Å²) in [5.41, 5.74) is 0. The van der Waals surface area contributed by atoms with E-state index in [2.05, 4.69) is 6.07 Å². The molecule has 1 saturated carbocycles. The summed E-state index contributed by atoms with van der Waals surface area (Å²) in [6, 6.07) is 2.39. The molecule has 1 fully saturated rings. The number of hydrogen-bond acceptors (Lipinski definition) is 3. The average Bonchev–Trinajstić information content (AvgIpc) is 2.79. The number of carbonyl (C=O) groups is 1. The number of ether oxygens (including phenoxy) is 1. The number of nitrogens with zero attached hydrogens (tertiary/aromatic N) is 2. The summed E-state index contributed by atoms with van der Waals surface area (Å²) >= 11 is 0. The van der Waals surface area contributed by atoms with Crippen LogP contribution in [0, 0.1) is 11.3 Å². The zero-order chi connectivity index (χ0) is 11.8. The second kappa shape index (κ2) is 7.24. The van der Waals surface area contributed by atoms with E-state index in [4.69, 9.17) is 10.00 Å². The van der Waals surface area contributed by atoms with Gasteiger partial charge in [0.25, 0.3) is 0 Å². The third kappa shape index (κ3) is 3.82. The lowest BCUT2D eigenvalue weighted by Gasteiger charge is -2.26. The molecule has 4 heteroatoms. The molecule has 0 spiro atoms. The molecule has 90 valence electrons. The van der Waals surface area contributed by atoms with Crippen LogP contribution in [0.25, 0.3) is 0 Å². The normalized spacial score (nSPS) is 16.0. The molecular weight excluding hydrogens is 204 g/mol. The predicted octanol–water partition coefficient (Wildman–Crippen LogP) is 1.71. The SMILES string of the molecule is COCCCC(=O)N(CC#N)C1CCCC1. The van der Waals surface area contributed by atoms with Crippen molar-refractivity contribution in [2.45, 2.75) is 44.6 Å². The molecule has 0 radical (unpaired) electrons. The monoisotopic (exact) mass is 224 g/mol. The van der Waals surface area contributed by atoms with Crippen molar-refractivity contribution >= 4 is 5.91 Å². The largest absolute Gasteiger partial charge is 0.385 e. The van der Waals surface area contributed by atoms with E-state index in [-0.39, 0.29) is 12.5 Å².